The molecule has 4 nitrogen and oxygen atoms in total. The smallest absolute Gasteiger partial charge is 0.422 e. The van der Waals surface area contributed by atoms with Crippen LogP contribution in [-0.2, 0) is 0 Å². The third kappa shape index (κ3) is 6.29. The summed E-state index contributed by atoms with van der Waals surface area (Å²) in [5.74, 6) is -11.6. The van der Waals surface area contributed by atoms with Crippen molar-refractivity contribution >= 4 is 22.8 Å². The van der Waals surface area contributed by atoms with Crippen LogP contribution in [-0.4, -0.2) is 38.5 Å². The van der Waals surface area contributed by atoms with Gasteiger partial charge in [0.25, 0.3) is 5.50 Å². The van der Waals surface area contributed by atoms with Gasteiger partial charge in [-0.05, 0) is 34.7 Å². The van der Waals surface area contributed by atoms with Gasteiger partial charge in [-0.2, -0.15) is 30.7 Å². The summed E-state index contributed by atoms with van der Waals surface area (Å²) in [4.78, 5) is 14.2. The van der Waals surface area contributed by atoms with E-state index in [4.69, 9.17) is 19.1 Å². The van der Waals surface area contributed by atoms with E-state index in [1.165, 1.54) is 18.2 Å². The molecule has 13 heteroatoms. The van der Waals surface area contributed by atoms with Crippen molar-refractivity contribution in [3.05, 3.63) is 121 Å². The van der Waals surface area contributed by atoms with Crippen LogP contribution in [0.15, 0.2) is 121 Å². The van der Waals surface area contributed by atoms with Gasteiger partial charge in [-0.1, -0.05) is 103 Å². The zero-order valence-electron chi connectivity index (χ0n) is 24.3. The fourth-order valence-electron chi connectivity index (χ4n) is 4.85. The molecule has 0 saturated heterocycles. The van der Waals surface area contributed by atoms with Crippen molar-refractivity contribution in [2.75, 3.05) is 0 Å². The minimum atomic E-state index is -6.67. The average molecular weight is 684 g/mol. The summed E-state index contributed by atoms with van der Waals surface area (Å²) in [7, 11) is 0. The first-order chi connectivity index (χ1) is 22.9. The van der Waals surface area contributed by atoms with Crippen molar-refractivity contribution in [2.45, 2.75) is 23.5 Å². The lowest BCUT2D eigenvalue weighted by molar-refractivity contribution is -0.359. The largest absolute Gasteiger partial charge is 0.460 e. The molecule has 0 fully saturated rings. The number of aromatic nitrogens is 3. The van der Waals surface area contributed by atoms with Crippen molar-refractivity contribution in [1.82, 2.24) is 15.0 Å². The quantitative estimate of drug-likeness (QED) is 0.112. The summed E-state index contributed by atoms with van der Waals surface area (Å²) in [6, 6.07) is 35.2. The van der Waals surface area contributed by atoms with Crippen LogP contribution in [0.4, 0.5) is 35.1 Å². The Bertz CT molecular complexity index is 2000. The Morgan fingerprint density at radius 2 is 1.00 bits per heavy atom. The number of halogens is 8. The summed E-state index contributed by atoms with van der Waals surface area (Å²) >= 11 is -0.825. The number of benzene rings is 5. The molecule has 0 aliphatic heterocycles. The van der Waals surface area contributed by atoms with Gasteiger partial charge in [0.15, 0.2) is 17.5 Å². The first-order valence-corrected chi connectivity index (χ1v) is 15.0. The van der Waals surface area contributed by atoms with Gasteiger partial charge in [-0.25, -0.2) is 19.3 Å². The van der Waals surface area contributed by atoms with Crippen LogP contribution in [0.2, 0.25) is 0 Å². The van der Waals surface area contributed by atoms with Crippen LogP contribution < -0.4 is 4.18 Å². The van der Waals surface area contributed by atoms with Crippen molar-refractivity contribution in [3.63, 3.8) is 0 Å². The number of hydrogen-bond acceptors (Lipinski definition) is 5. The van der Waals surface area contributed by atoms with Crippen LogP contribution in [0, 0.1) is 0 Å². The summed E-state index contributed by atoms with van der Waals surface area (Å²) in [6.45, 7) is 0. The van der Waals surface area contributed by atoms with Crippen molar-refractivity contribution in [3.8, 4) is 51.0 Å². The highest BCUT2D eigenvalue weighted by molar-refractivity contribution is 7.95. The lowest BCUT2D eigenvalue weighted by Gasteiger charge is -2.29. The summed E-state index contributed by atoms with van der Waals surface area (Å²) < 4.78 is 111. The SMILES string of the molecule is FC(SOc1ccc(-c2cccc(-c3nc(-c4ccccc4)nc(-c4ccccc4)n3)c2)c2ccccc12)C(F)(F)C(F)(F)C(F)(F)F. The first-order valence-electron chi connectivity index (χ1n) is 14.2. The zero-order chi connectivity index (χ0) is 34.1. The lowest BCUT2D eigenvalue weighted by Crippen LogP contribution is -2.56. The topological polar surface area (TPSA) is 47.9 Å². The fraction of sp³-hybridized carbons (Fsp3) is 0.114. The van der Waals surface area contributed by atoms with E-state index in [-0.39, 0.29) is 11.1 Å². The molecule has 5 aromatic carbocycles. The Balaban J connectivity index is 1.35. The monoisotopic (exact) mass is 683 g/mol. The highest BCUT2D eigenvalue weighted by Crippen LogP contribution is 2.51. The molecule has 0 spiro atoms. The minimum absolute atomic E-state index is 0.221. The molecule has 0 bridgehead atoms. The molecule has 6 rings (SSSR count). The van der Waals surface area contributed by atoms with Crippen LogP contribution in [0.1, 0.15) is 0 Å². The molecule has 1 heterocycles. The van der Waals surface area contributed by atoms with Gasteiger partial charge < -0.3 is 4.18 Å². The fourth-order valence-corrected chi connectivity index (χ4v) is 5.45. The van der Waals surface area contributed by atoms with E-state index in [9.17, 15) is 35.1 Å². The third-order valence-corrected chi connectivity index (χ3v) is 8.04. The summed E-state index contributed by atoms with van der Waals surface area (Å²) in [5, 5.41) is 0.769. The maximum absolute atomic E-state index is 14.2. The van der Waals surface area contributed by atoms with Gasteiger partial charge in [0.05, 0.1) is 0 Å². The van der Waals surface area contributed by atoms with E-state index in [0.29, 0.717) is 39.5 Å². The standard InChI is InChI=1S/C35H21F8N3OS/c36-32(33(37,38)34(39,40)35(41,42)43)48-47-28-19-18-25(26-16-7-8-17-27(26)28)23-14-9-15-24(20-23)31-45-29(21-10-3-1-4-11-21)44-30(46-31)22-12-5-2-6-13-22/h1-20,32H. The van der Waals surface area contributed by atoms with E-state index < -0.39 is 35.6 Å². The maximum Gasteiger partial charge on any atom is 0.460 e. The Kier molecular flexibility index (Phi) is 8.82. The first kappa shape index (κ1) is 32.9. The van der Waals surface area contributed by atoms with Crippen LogP contribution in [0.5, 0.6) is 5.75 Å². The van der Waals surface area contributed by atoms with Gasteiger partial charge in [-0.15, -0.1) is 0 Å². The average Bonchev–Trinajstić information content (AvgIpc) is 3.10. The molecular weight excluding hydrogens is 662 g/mol. The molecule has 244 valence electrons. The normalized spacial score (nSPS) is 13.0. The highest BCUT2D eigenvalue weighted by Gasteiger charge is 2.76. The highest BCUT2D eigenvalue weighted by atomic mass is 32.2. The van der Waals surface area contributed by atoms with Crippen LogP contribution in [0.3, 0.4) is 0 Å². The van der Waals surface area contributed by atoms with Gasteiger partial charge in [-0.3, -0.25) is 0 Å². The maximum atomic E-state index is 14.2. The number of alkyl halides is 8. The lowest BCUT2D eigenvalue weighted by atomic mass is 9.96. The number of fused-ring (bicyclic) bond motifs is 1. The van der Waals surface area contributed by atoms with Crippen LogP contribution in [0.25, 0.3) is 56.1 Å². The Hall–Kier alpha value is -5.04. The Morgan fingerprint density at radius 1 is 0.521 bits per heavy atom. The second kappa shape index (κ2) is 12.9. The second-order valence-corrected chi connectivity index (χ2v) is 11.2. The molecule has 0 N–H and O–H groups in total. The molecule has 0 amide bonds. The number of nitrogens with zero attached hydrogens (tertiary/aromatic N) is 3. The van der Waals surface area contributed by atoms with E-state index in [1.807, 2.05) is 72.8 Å². The Labute approximate surface area is 272 Å². The van der Waals surface area contributed by atoms with E-state index >= 15 is 0 Å². The van der Waals surface area contributed by atoms with Crippen molar-refractivity contribution in [2.24, 2.45) is 0 Å². The molecule has 0 radical (unpaired) electrons. The third-order valence-electron chi connectivity index (χ3n) is 7.30. The molecule has 48 heavy (non-hydrogen) atoms. The second-order valence-electron chi connectivity index (χ2n) is 10.5. The summed E-state index contributed by atoms with van der Waals surface area (Å²) in [5.41, 5.74) is -0.543. The summed E-state index contributed by atoms with van der Waals surface area (Å²) in [6.07, 6.45) is -6.67. The van der Waals surface area contributed by atoms with Gasteiger partial charge in [0, 0.05) is 22.1 Å². The predicted octanol–water partition coefficient (Wildman–Crippen LogP) is 10.8. The van der Waals surface area contributed by atoms with Crippen molar-refractivity contribution < 1.29 is 39.3 Å². The molecule has 6 aromatic rings. The van der Waals surface area contributed by atoms with E-state index in [0.717, 1.165) is 11.1 Å². The minimum Gasteiger partial charge on any atom is -0.422 e. The zero-order valence-corrected chi connectivity index (χ0v) is 25.1. The van der Waals surface area contributed by atoms with E-state index in [1.54, 1.807) is 30.3 Å². The van der Waals surface area contributed by atoms with Crippen LogP contribution >= 0.6 is 12.0 Å². The van der Waals surface area contributed by atoms with Gasteiger partial charge in [0.2, 0.25) is 0 Å². The van der Waals surface area contributed by atoms with E-state index in [2.05, 4.69) is 0 Å². The molecule has 0 aliphatic carbocycles. The molecular formula is C35H21F8N3OS. The van der Waals surface area contributed by atoms with Crippen molar-refractivity contribution in [1.29, 1.82) is 0 Å². The molecule has 0 aliphatic rings. The molecule has 1 aromatic heterocycles. The number of rotatable bonds is 9. The molecule has 1 unspecified atom stereocenters. The molecule has 1 atom stereocenters. The predicted molar refractivity (Wildman–Crippen MR) is 168 cm³/mol. The Morgan fingerprint density at radius 3 is 1.56 bits per heavy atom. The molecule has 0 saturated carbocycles. The van der Waals surface area contributed by atoms with Gasteiger partial charge >= 0.3 is 18.0 Å². The number of hydrogen-bond donors (Lipinski definition) is 0. The van der Waals surface area contributed by atoms with Gasteiger partial charge in [0.1, 0.15) is 17.8 Å².